The number of aliphatic carboxylic acids is 1. The van der Waals surface area contributed by atoms with Crippen LogP contribution >= 0.6 is 0 Å². The Morgan fingerprint density at radius 2 is 2.31 bits per heavy atom. The van der Waals surface area contributed by atoms with Crippen LogP contribution < -0.4 is 0 Å². The molecule has 0 aliphatic heterocycles. The zero-order valence-corrected chi connectivity index (χ0v) is 7.70. The number of carboxylic acid groups (broad SMARTS) is 1. The van der Waals surface area contributed by atoms with Gasteiger partial charge in [0.1, 0.15) is 6.17 Å². The predicted molar refractivity (Wildman–Crippen MR) is 45.3 cm³/mol. The van der Waals surface area contributed by atoms with Gasteiger partial charge in [0.2, 0.25) is 0 Å². The van der Waals surface area contributed by atoms with Crippen LogP contribution in [0.15, 0.2) is 0 Å². The van der Waals surface area contributed by atoms with E-state index in [2.05, 4.69) is 0 Å². The molecule has 0 radical (unpaired) electrons. The van der Waals surface area contributed by atoms with Crippen LogP contribution in [0.25, 0.3) is 0 Å². The van der Waals surface area contributed by atoms with Gasteiger partial charge >= 0.3 is 5.97 Å². The van der Waals surface area contributed by atoms with Crippen molar-refractivity contribution >= 4 is 5.97 Å². The van der Waals surface area contributed by atoms with Crippen LogP contribution in [-0.2, 0) is 9.53 Å². The standard InChI is InChI=1S/C9H15FO3/c1-2-13-8-4-3-6(9(11)12)5-7(8)10/h6-8H,2-5H2,1H3,(H,11,12)/t6-,7-,8+/m0/s1. The third kappa shape index (κ3) is 2.66. The molecule has 76 valence electrons. The molecular weight excluding hydrogens is 175 g/mol. The number of halogens is 1. The fourth-order valence-corrected chi connectivity index (χ4v) is 1.71. The highest BCUT2D eigenvalue weighted by molar-refractivity contribution is 5.70. The minimum atomic E-state index is -1.12. The number of alkyl halides is 1. The summed E-state index contributed by atoms with van der Waals surface area (Å²) < 4.78 is 18.4. The van der Waals surface area contributed by atoms with E-state index in [4.69, 9.17) is 9.84 Å². The molecule has 3 atom stereocenters. The lowest BCUT2D eigenvalue weighted by Crippen LogP contribution is -2.35. The Bertz CT molecular complexity index is 184. The van der Waals surface area contributed by atoms with Crippen molar-refractivity contribution in [1.29, 1.82) is 0 Å². The van der Waals surface area contributed by atoms with Crippen molar-refractivity contribution < 1.29 is 19.0 Å². The molecule has 0 saturated heterocycles. The van der Waals surface area contributed by atoms with Crippen LogP contribution in [0.5, 0.6) is 0 Å². The molecule has 1 fully saturated rings. The summed E-state index contributed by atoms with van der Waals surface area (Å²) >= 11 is 0. The maximum Gasteiger partial charge on any atom is 0.306 e. The second-order valence-corrected chi connectivity index (χ2v) is 3.36. The maximum absolute atomic E-state index is 13.3. The molecule has 0 unspecified atom stereocenters. The minimum Gasteiger partial charge on any atom is -0.481 e. The Morgan fingerprint density at radius 3 is 2.77 bits per heavy atom. The lowest BCUT2D eigenvalue weighted by molar-refractivity contribution is -0.145. The van der Waals surface area contributed by atoms with Crippen molar-refractivity contribution in [2.24, 2.45) is 5.92 Å². The third-order valence-corrected chi connectivity index (χ3v) is 2.44. The van der Waals surface area contributed by atoms with Gasteiger partial charge in [-0.15, -0.1) is 0 Å². The molecule has 1 rings (SSSR count). The molecular formula is C9H15FO3. The summed E-state index contributed by atoms with van der Waals surface area (Å²) in [5.74, 6) is -1.41. The molecule has 1 saturated carbocycles. The first-order valence-electron chi connectivity index (χ1n) is 4.63. The maximum atomic E-state index is 13.3. The fourth-order valence-electron chi connectivity index (χ4n) is 1.71. The highest BCUT2D eigenvalue weighted by Crippen LogP contribution is 2.28. The van der Waals surface area contributed by atoms with Gasteiger partial charge in [-0.25, -0.2) is 4.39 Å². The number of rotatable bonds is 3. The van der Waals surface area contributed by atoms with Crippen molar-refractivity contribution in [2.75, 3.05) is 6.61 Å². The normalized spacial score (nSPS) is 34.5. The van der Waals surface area contributed by atoms with E-state index >= 15 is 0 Å². The van der Waals surface area contributed by atoms with Crippen molar-refractivity contribution in [3.05, 3.63) is 0 Å². The average molecular weight is 190 g/mol. The molecule has 0 spiro atoms. The molecule has 0 bridgehead atoms. The molecule has 1 aliphatic carbocycles. The van der Waals surface area contributed by atoms with E-state index in [0.717, 1.165) is 0 Å². The lowest BCUT2D eigenvalue weighted by Gasteiger charge is -2.29. The van der Waals surface area contributed by atoms with Gasteiger partial charge in [-0.05, 0) is 26.2 Å². The highest BCUT2D eigenvalue weighted by Gasteiger charge is 2.34. The van der Waals surface area contributed by atoms with Gasteiger partial charge in [0.25, 0.3) is 0 Å². The Balaban J connectivity index is 2.41. The first kappa shape index (κ1) is 10.4. The Hall–Kier alpha value is -0.640. The zero-order valence-electron chi connectivity index (χ0n) is 7.70. The number of carbonyl (C=O) groups is 1. The Kier molecular flexibility index (Phi) is 3.66. The van der Waals surface area contributed by atoms with Gasteiger partial charge in [0, 0.05) is 6.61 Å². The summed E-state index contributed by atoms with van der Waals surface area (Å²) in [4.78, 5) is 10.6. The topological polar surface area (TPSA) is 46.5 Å². The molecule has 4 heteroatoms. The van der Waals surface area contributed by atoms with Crippen LogP contribution in [0.2, 0.25) is 0 Å². The first-order valence-corrected chi connectivity index (χ1v) is 4.63. The molecule has 1 aliphatic rings. The van der Waals surface area contributed by atoms with E-state index in [-0.39, 0.29) is 12.5 Å². The number of carboxylic acids is 1. The smallest absolute Gasteiger partial charge is 0.306 e. The van der Waals surface area contributed by atoms with Crippen molar-refractivity contribution in [3.63, 3.8) is 0 Å². The Labute approximate surface area is 76.9 Å². The van der Waals surface area contributed by atoms with Crippen molar-refractivity contribution in [3.8, 4) is 0 Å². The van der Waals surface area contributed by atoms with Crippen molar-refractivity contribution in [1.82, 2.24) is 0 Å². The largest absolute Gasteiger partial charge is 0.481 e. The molecule has 3 nitrogen and oxygen atoms in total. The molecule has 0 aromatic rings. The minimum absolute atomic E-state index is 0.0972. The summed E-state index contributed by atoms with van der Waals surface area (Å²) in [5, 5.41) is 8.66. The average Bonchev–Trinajstić information content (AvgIpc) is 2.08. The second-order valence-electron chi connectivity index (χ2n) is 3.36. The van der Waals surface area contributed by atoms with Crippen LogP contribution in [0, 0.1) is 5.92 Å². The summed E-state index contributed by atoms with van der Waals surface area (Å²) in [5.41, 5.74) is 0. The monoisotopic (exact) mass is 190 g/mol. The van der Waals surface area contributed by atoms with Gasteiger partial charge in [-0.2, -0.15) is 0 Å². The van der Waals surface area contributed by atoms with Gasteiger partial charge in [0.05, 0.1) is 12.0 Å². The van der Waals surface area contributed by atoms with E-state index in [1.165, 1.54) is 0 Å². The molecule has 0 amide bonds. The number of hydrogen-bond acceptors (Lipinski definition) is 2. The Morgan fingerprint density at radius 1 is 1.62 bits per heavy atom. The third-order valence-electron chi connectivity index (χ3n) is 2.44. The van der Waals surface area contributed by atoms with Gasteiger partial charge < -0.3 is 9.84 Å². The molecule has 1 N–H and O–H groups in total. The van der Waals surface area contributed by atoms with Crippen LogP contribution in [0.4, 0.5) is 4.39 Å². The molecule has 13 heavy (non-hydrogen) atoms. The predicted octanol–water partition coefficient (Wildman–Crippen LogP) is 1.61. The molecule has 0 aromatic carbocycles. The van der Waals surface area contributed by atoms with E-state index in [1.54, 1.807) is 0 Å². The SMILES string of the molecule is CCO[C@@H]1CC[C@H](C(=O)O)C[C@@H]1F. The summed E-state index contributed by atoms with van der Waals surface area (Å²) in [6, 6.07) is 0. The van der Waals surface area contributed by atoms with Gasteiger partial charge in [-0.3, -0.25) is 4.79 Å². The summed E-state index contributed by atoms with van der Waals surface area (Å²) in [6.45, 7) is 2.30. The van der Waals surface area contributed by atoms with Crippen LogP contribution in [0.1, 0.15) is 26.2 Å². The second kappa shape index (κ2) is 4.56. The number of hydrogen-bond donors (Lipinski definition) is 1. The molecule has 0 heterocycles. The van der Waals surface area contributed by atoms with Crippen molar-refractivity contribution in [2.45, 2.75) is 38.5 Å². The van der Waals surface area contributed by atoms with E-state index in [9.17, 15) is 9.18 Å². The van der Waals surface area contributed by atoms with Crippen LogP contribution in [-0.4, -0.2) is 30.0 Å². The van der Waals surface area contributed by atoms with E-state index in [0.29, 0.717) is 19.4 Å². The van der Waals surface area contributed by atoms with E-state index in [1.807, 2.05) is 6.92 Å². The fraction of sp³-hybridized carbons (Fsp3) is 0.889. The summed E-state index contributed by atoms with van der Waals surface area (Å²) in [6.07, 6.45) is -0.359. The summed E-state index contributed by atoms with van der Waals surface area (Å²) in [7, 11) is 0. The van der Waals surface area contributed by atoms with Crippen LogP contribution in [0.3, 0.4) is 0 Å². The highest BCUT2D eigenvalue weighted by atomic mass is 19.1. The lowest BCUT2D eigenvalue weighted by atomic mass is 9.86. The van der Waals surface area contributed by atoms with E-state index < -0.39 is 18.1 Å². The molecule has 0 aromatic heterocycles. The quantitative estimate of drug-likeness (QED) is 0.735. The number of ether oxygens (including phenoxy) is 1. The van der Waals surface area contributed by atoms with Gasteiger partial charge in [-0.1, -0.05) is 0 Å². The van der Waals surface area contributed by atoms with Gasteiger partial charge in [0.15, 0.2) is 0 Å². The first-order chi connectivity index (χ1) is 6.15. The zero-order chi connectivity index (χ0) is 9.84.